The van der Waals surface area contributed by atoms with Gasteiger partial charge in [-0.1, -0.05) is 30.3 Å². The highest BCUT2D eigenvalue weighted by Crippen LogP contribution is 2.22. The second-order valence-electron chi connectivity index (χ2n) is 4.70. The Morgan fingerprint density at radius 3 is 2.40 bits per heavy atom. The van der Waals surface area contributed by atoms with E-state index in [-0.39, 0.29) is 6.04 Å². The molecule has 0 aliphatic heterocycles. The van der Waals surface area contributed by atoms with Crippen LogP contribution in [0.1, 0.15) is 11.6 Å². The van der Waals surface area contributed by atoms with E-state index in [9.17, 15) is 8.78 Å². The predicted molar refractivity (Wildman–Crippen MR) is 77.9 cm³/mol. The van der Waals surface area contributed by atoms with E-state index in [1.165, 1.54) is 6.07 Å². The average Bonchev–Trinajstić information content (AvgIpc) is 2.48. The first-order chi connectivity index (χ1) is 9.63. The van der Waals surface area contributed by atoms with Crippen molar-refractivity contribution in [2.75, 3.05) is 25.5 Å². The van der Waals surface area contributed by atoms with Crippen LogP contribution in [0.25, 0.3) is 0 Å². The van der Waals surface area contributed by atoms with Gasteiger partial charge in [0.15, 0.2) is 11.6 Å². The quantitative estimate of drug-likeness (QED) is 0.901. The summed E-state index contributed by atoms with van der Waals surface area (Å²) in [4.78, 5) is 2.01. The van der Waals surface area contributed by atoms with Crippen LogP contribution in [0, 0.1) is 11.6 Å². The Labute approximate surface area is 118 Å². The number of hydrogen-bond acceptors (Lipinski definition) is 2. The minimum absolute atomic E-state index is 0.282. The molecule has 2 aromatic rings. The van der Waals surface area contributed by atoms with Crippen LogP contribution in [0.4, 0.5) is 14.5 Å². The highest BCUT2D eigenvalue weighted by Gasteiger charge is 2.18. The third-order valence-electron chi connectivity index (χ3n) is 3.36. The van der Waals surface area contributed by atoms with Gasteiger partial charge in [-0.15, -0.1) is 0 Å². The SMILES string of the molecule is CNC(CN(C)c1ccccc1)c1cccc(F)c1F. The molecule has 4 heteroatoms. The van der Waals surface area contributed by atoms with Crippen molar-refractivity contribution in [3.05, 3.63) is 65.7 Å². The van der Waals surface area contributed by atoms with Gasteiger partial charge >= 0.3 is 0 Å². The minimum atomic E-state index is -0.815. The summed E-state index contributed by atoms with van der Waals surface area (Å²) in [6.45, 7) is 0.543. The van der Waals surface area contributed by atoms with E-state index in [4.69, 9.17) is 0 Å². The van der Waals surface area contributed by atoms with Crippen molar-refractivity contribution in [2.24, 2.45) is 0 Å². The van der Waals surface area contributed by atoms with Crippen LogP contribution in [-0.2, 0) is 0 Å². The van der Waals surface area contributed by atoms with E-state index in [0.717, 1.165) is 11.8 Å². The van der Waals surface area contributed by atoms with Gasteiger partial charge in [0.25, 0.3) is 0 Å². The van der Waals surface area contributed by atoms with Gasteiger partial charge in [-0.25, -0.2) is 8.78 Å². The number of nitrogens with one attached hydrogen (secondary N) is 1. The minimum Gasteiger partial charge on any atom is -0.373 e. The van der Waals surface area contributed by atoms with E-state index >= 15 is 0 Å². The third-order valence-corrected chi connectivity index (χ3v) is 3.36. The number of hydrogen-bond donors (Lipinski definition) is 1. The molecule has 2 aromatic carbocycles. The normalized spacial score (nSPS) is 12.2. The molecule has 0 fully saturated rings. The Morgan fingerprint density at radius 2 is 1.75 bits per heavy atom. The Bertz CT molecular complexity index is 558. The van der Waals surface area contributed by atoms with Crippen LogP contribution in [0.2, 0.25) is 0 Å². The van der Waals surface area contributed by atoms with Crippen molar-refractivity contribution in [3.8, 4) is 0 Å². The fourth-order valence-corrected chi connectivity index (χ4v) is 2.20. The molecule has 1 atom stereocenters. The van der Waals surface area contributed by atoms with Gasteiger partial charge in [0.1, 0.15) is 0 Å². The fraction of sp³-hybridized carbons (Fsp3) is 0.250. The number of halogens is 2. The van der Waals surface area contributed by atoms with E-state index in [1.54, 1.807) is 13.1 Å². The fourth-order valence-electron chi connectivity index (χ4n) is 2.20. The lowest BCUT2D eigenvalue weighted by molar-refractivity contribution is 0.474. The third kappa shape index (κ3) is 3.14. The molecular formula is C16H18F2N2. The molecule has 0 amide bonds. The van der Waals surface area contributed by atoms with Crippen LogP contribution in [-0.4, -0.2) is 20.6 Å². The first-order valence-electron chi connectivity index (χ1n) is 6.51. The van der Waals surface area contributed by atoms with Gasteiger partial charge in [-0.3, -0.25) is 0 Å². The molecule has 20 heavy (non-hydrogen) atoms. The molecule has 1 unspecified atom stereocenters. The topological polar surface area (TPSA) is 15.3 Å². The predicted octanol–water partition coefficient (Wildman–Crippen LogP) is 3.36. The Kier molecular flexibility index (Phi) is 4.69. The molecule has 0 saturated heterocycles. The summed E-state index contributed by atoms with van der Waals surface area (Å²) in [6.07, 6.45) is 0. The maximum atomic E-state index is 13.9. The number of benzene rings is 2. The molecule has 0 bridgehead atoms. The van der Waals surface area contributed by atoms with Gasteiger partial charge < -0.3 is 10.2 Å². The Hall–Kier alpha value is -1.94. The zero-order chi connectivity index (χ0) is 14.5. The van der Waals surface area contributed by atoms with E-state index in [1.807, 2.05) is 42.3 Å². The number of nitrogens with zero attached hydrogens (tertiary/aromatic N) is 1. The van der Waals surface area contributed by atoms with Crippen LogP contribution in [0.15, 0.2) is 48.5 Å². The van der Waals surface area contributed by atoms with Gasteiger partial charge in [0.2, 0.25) is 0 Å². The molecule has 1 N–H and O–H groups in total. The van der Waals surface area contributed by atoms with E-state index in [0.29, 0.717) is 12.1 Å². The summed E-state index contributed by atoms with van der Waals surface area (Å²) in [7, 11) is 3.67. The van der Waals surface area contributed by atoms with Crippen molar-refractivity contribution in [3.63, 3.8) is 0 Å². The van der Waals surface area contributed by atoms with Crippen molar-refractivity contribution < 1.29 is 8.78 Å². The Balaban J connectivity index is 2.19. The Morgan fingerprint density at radius 1 is 1.05 bits per heavy atom. The van der Waals surface area contributed by atoms with Crippen molar-refractivity contribution >= 4 is 5.69 Å². The first kappa shape index (κ1) is 14.5. The number of likely N-dealkylation sites (N-methyl/N-ethyl adjacent to an activating group) is 2. The maximum absolute atomic E-state index is 13.9. The molecule has 2 rings (SSSR count). The zero-order valence-electron chi connectivity index (χ0n) is 11.6. The number of para-hydroxylation sites is 1. The zero-order valence-corrected chi connectivity index (χ0v) is 11.6. The smallest absolute Gasteiger partial charge is 0.163 e. The van der Waals surface area contributed by atoms with Gasteiger partial charge in [0, 0.05) is 24.8 Å². The molecule has 0 aliphatic carbocycles. The first-order valence-corrected chi connectivity index (χ1v) is 6.51. The lowest BCUT2D eigenvalue weighted by Crippen LogP contribution is -2.31. The van der Waals surface area contributed by atoms with E-state index in [2.05, 4.69) is 5.32 Å². The summed E-state index contributed by atoms with van der Waals surface area (Å²) in [5.41, 5.74) is 1.37. The molecule has 0 radical (unpaired) electrons. The molecule has 0 aromatic heterocycles. The largest absolute Gasteiger partial charge is 0.373 e. The second-order valence-corrected chi connectivity index (χ2v) is 4.70. The van der Waals surface area contributed by atoms with Crippen molar-refractivity contribution in [1.29, 1.82) is 0 Å². The van der Waals surface area contributed by atoms with Crippen molar-refractivity contribution in [1.82, 2.24) is 5.32 Å². The van der Waals surface area contributed by atoms with Crippen LogP contribution in [0.5, 0.6) is 0 Å². The standard InChI is InChI=1S/C16H18F2N2/c1-19-15(13-9-6-10-14(17)16(13)18)11-20(2)12-7-4-3-5-8-12/h3-10,15,19H,11H2,1-2H3. The summed E-state index contributed by atoms with van der Waals surface area (Å²) < 4.78 is 27.2. The van der Waals surface area contributed by atoms with Crippen LogP contribution < -0.4 is 10.2 Å². The average molecular weight is 276 g/mol. The molecule has 2 nitrogen and oxygen atoms in total. The van der Waals surface area contributed by atoms with Crippen LogP contribution >= 0.6 is 0 Å². The summed E-state index contributed by atoms with van der Waals surface area (Å²) in [5, 5.41) is 3.04. The van der Waals surface area contributed by atoms with Crippen molar-refractivity contribution in [2.45, 2.75) is 6.04 Å². The highest BCUT2D eigenvalue weighted by molar-refractivity contribution is 5.45. The number of anilines is 1. The maximum Gasteiger partial charge on any atom is 0.163 e. The lowest BCUT2D eigenvalue weighted by Gasteiger charge is -2.26. The lowest BCUT2D eigenvalue weighted by atomic mass is 10.1. The van der Waals surface area contributed by atoms with Crippen LogP contribution in [0.3, 0.4) is 0 Å². The number of rotatable bonds is 5. The van der Waals surface area contributed by atoms with E-state index < -0.39 is 11.6 Å². The summed E-state index contributed by atoms with van der Waals surface area (Å²) in [5.74, 6) is -1.60. The van der Waals surface area contributed by atoms with Gasteiger partial charge in [-0.05, 0) is 25.2 Å². The summed E-state index contributed by atoms with van der Waals surface area (Å²) in [6, 6.07) is 13.8. The monoisotopic (exact) mass is 276 g/mol. The summed E-state index contributed by atoms with van der Waals surface area (Å²) >= 11 is 0. The molecule has 0 saturated carbocycles. The van der Waals surface area contributed by atoms with Gasteiger partial charge in [0.05, 0.1) is 6.04 Å². The van der Waals surface area contributed by atoms with Gasteiger partial charge in [-0.2, -0.15) is 0 Å². The molecule has 0 spiro atoms. The molecule has 0 heterocycles. The molecular weight excluding hydrogens is 258 g/mol. The molecule has 106 valence electrons. The molecule has 0 aliphatic rings. The highest BCUT2D eigenvalue weighted by atomic mass is 19.2. The second kappa shape index (κ2) is 6.48.